The van der Waals surface area contributed by atoms with Gasteiger partial charge >= 0.3 is 0 Å². The van der Waals surface area contributed by atoms with Gasteiger partial charge in [-0.25, -0.2) is 0 Å². The first-order valence-corrected chi connectivity index (χ1v) is 6.53. The molecule has 1 aromatic rings. The zero-order valence-electron chi connectivity index (χ0n) is 10.2. The maximum absolute atomic E-state index is 6.04. The molecule has 1 spiro atoms. The van der Waals surface area contributed by atoms with E-state index >= 15 is 0 Å². The van der Waals surface area contributed by atoms with E-state index in [1.807, 2.05) is 12.1 Å². The molecule has 2 N–H and O–H groups in total. The molecular formula is C14H20N2O. The largest absolute Gasteiger partial charge is 0.397 e. The van der Waals surface area contributed by atoms with Gasteiger partial charge in [-0.05, 0) is 37.8 Å². The third-order valence-electron chi connectivity index (χ3n) is 4.03. The number of para-hydroxylation sites is 2. The summed E-state index contributed by atoms with van der Waals surface area (Å²) < 4.78 is 6.04. The van der Waals surface area contributed by atoms with Crippen molar-refractivity contribution < 1.29 is 4.74 Å². The zero-order chi connectivity index (χ0) is 11.7. The Morgan fingerprint density at radius 3 is 2.82 bits per heavy atom. The molecule has 0 amide bonds. The molecule has 2 aliphatic heterocycles. The molecule has 0 aliphatic carbocycles. The molecule has 0 radical (unpaired) electrons. The smallest absolute Gasteiger partial charge is 0.0873 e. The van der Waals surface area contributed by atoms with Crippen LogP contribution in [0.25, 0.3) is 0 Å². The van der Waals surface area contributed by atoms with E-state index in [1.54, 1.807) is 0 Å². The summed E-state index contributed by atoms with van der Waals surface area (Å²) in [6, 6.07) is 8.12. The van der Waals surface area contributed by atoms with E-state index in [9.17, 15) is 0 Å². The molecule has 3 nitrogen and oxygen atoms in total. The Hall–Kier alpha value is -1.22. The van der Waals surface area contributed by atoms with Crippen molar-refractivity contribution in [1.82, 2.24) is 0 Å². The predicted octanol–water partition coefficient (Wildman–Crippen LogP) is 2.42. The number of nitrogens with zero attached hydrogens (tertiary/aromatic N) is 1. The van der Waals surface area contributed by atoms with Crippen LogP contribution in [-0.2, 0) is 4.74 Å². The molecular weight excluding hydrogens is 212 g/mol. The second-order valence-corrected chi connectivity index (χ2v) is 5.22. The van der Waals surface area contributed by atoms with Gasteiger partial charge in [0.25, 0.3) is 0 Å². The minimum Gasteiger partial charge on any atom is -0.397 e. The van der Waals surface area contributed by atoms with Crippen molar-refractivity contribution in [2.45, 2.75) is 31.3 Å². The van der Waals surface area contributed by atoms with Crippen molar-refractivity contribution in [1.29, 1.82) is 0 Å². The van der Waals surface area contributed by atoms with E-state index < -0.39 is 0 Å². The van der Waals surface area contributed by atoms with Gasteiger partial charge in [0, 0.05) is 19.7 Å². The Morgan fingerprint density at radius 2 is 2.06 bits per heavy atom. The number of hydrogen-bond acceptors (Lipinski definition) is 3. The van der Waals surface area contributed by atoms with E-state index in [4.69, 9.17) is 10.5 Å². The van der Waals surface area contributed by atoms with E-state index in [0.717, 1.165) is 31.8 Å². The summed E-state index contributed by atoms with van der Waals surface area (Å²) in [7, 11) is 0. The molecule has 2 aliphatic rings. The molecule has 0 bridgehead atoms. The normalized spacial score (nSPS) is 28.8. The molecule has 0 saturated carbocycles. The summed E-state index contributed by atoms with van der Waals surface area (Å²) in [6.45, 7) is 2.99. The third kappa shape index (κ3) is 2.00. The topological polar surface area (TPSA) is 38.5 Å². The molecule has 2 saturated heterocycles. The van der Waals surface area contributed by atoms with Crippen LogP contribution >= 0.6 is 0 Å². The average molecular weight is 232 g/mol. The van der Waals surface area contributed by atoms with Gasteiger partial charge in [0.2, 0.25) is 0 Å². The van der Waals surface area contributed by atoms with Crippen LogP contribution < -0.4 is 10.6 Å². The highest BCUT2D eigenvalue weighted by atomic mass is 16.5. The van der Waals surface area contributed by atoms with Gasteiger partial charge in [0.1, 0.15) is 0 Å². The second kappa shape index (κ2) is 4.22. The summed E-state index contributed by atoms with van der Waals surface area (Å²) in [5, 5.41) is 0. The second-order valence-electron chi connectivity index (χ2n) is 5.22. The lowest BCUT2D eigenvalue weighted by molar-refractivity contribution is -0.0621. The first kappa shape index (κ1) is 10.9. The van der Waals surface area contributed by atoms with Crippen molar-refractivity contribution in [3.8, 4) is 0 Å². The van der Waals surface area contributed by atoms with Crippen LogP contribution in [0, 0.1) is 0 Å². The van der Waals surface area contributed by atoms with Gasteiger partial charge in [-0.15, -0.1) is 0 Å². The van der Waals surface area contributed by atoms with Gasteiger partial charge in [-0.1, -0.05) is 12.1 Å². The fraction of sp³-hybridized carbons (Fsp3) is 0.571. The Labute approximate surface area is 103 Å². The minimum absolute atomic E-state index is 0.112. The zero-order valence-corrected chi connectivity index (χ0v) is 10.2. The van der Waals surface area contributed by atoms with Crippen molar-refractivity contribution in [3.63, 3.8) is 0 Å². The molecule has 1 aromatic carbocycles. The molecule has 3 rings (SSSR count). The van der Waals surface area contributed by atoms with Crippen LogP contribution in [0.4, 0.5) is 11.4 Å². The van der Waals surface area contributed by atoms with Gasteiger partial charge < -0.3 is 15.4 Å². The van der Waals surface area contributed by atoms with E-state index in [0.29, 0.717) is 0 Å². The number of nitrogen functional groups attached to an aromatic ring is 1. The number of rotatable bonds is 1. The van der Waals surface area contributed by atoms with Crippen molar-refractivity contribution in [3.05, 3.63) is 24.3 Å². The maximum Gasteiger partial charge on any atom is 0.0873 e. The number of anilines is 2. The summed E-state index contributed by atoms with van der Waals surface area (Å²) in [6.07, 6.45) is 4.87. The monoisotopic (exact) mass is 232 g/mol. The minimum atomic E-state index is 0.112. The standard InChI is InChI=1S/C14H20N2O/c15-12-5-1-2-6-13(12)16-9-8-14(11-16)7-3-4-10-17-14/h1-2,5-6H,3-4,7-11,15H2/t14-/m0/s1. The quantitative estimate of drug-likeness (QED) is 0.756. The number of benzene rings is 1. The summed E-state index contributed by atoms with van der Waals surface area (Å²) in [4.78, 5) is 2.38. The number of nitrogens with two attached hydrogens (primary N) is 1. The van der Waals surface area contributed by atoms with Crippen LogP contribution in [0.15, 0.2) is 24.3 Å². The Kier molecular flexibility index (Phi) is 2.71. The lowest BCUT2D eigenvalue weighted by atomic mass is 9.93. The highest BCUT2D eigenvalue weighted by Gasteiger charge is 2.40. The third-order valence-corrected chi connectivity index (χ3v) is 4.03. The van der Waals surface area contributed by atoms with Crippen LogP contribution in [0.5, 0.6) is 0 Å². The number of hydrogen-bond donors (Lipinski definition) is 1. The lowest BCUT2D eigenvalue weighted by Gasteiger charge is -2.34. The lowest BCUT2D eigenvalue weighted by Crippen LogP contribution is -2.39. The van der Waals surface area contributed by atoms with Crippen LogP contribution in [0.1, 0.15) is 25.7 Å². The molecule has 92 valence electrons. The Balaban J connectivity index is 1.77. The van der Waals surface area contributed by atoms with Crippen LogP contribution in [-0.4, -0.2) is 25.3 Å². The highest BCUT2D eigenvalue weighted by Crippen LogP contribution is 2.37. The fourth-order valence-corrected chi connectivity index (χ4v) is 3.06. The van der Waals surface area contributed by atoms with Gasteiger partial charge in [-0.3, -0.25) is 0 Å². The van der Waals surface area contributed by atoms with Crippen LogP contribution in [0.3, 0.4) is 0 Å². The molecule has 1 atom stereocenters. The van der Waals surface area contributed by atoms with E-state index in [-0.39, 0.29) is 5.60 Å². The first-order valence-electron chi connectivity index (χ1n) is 6.53. The van der Waals surface area contributed by atoms with Crippen LogP contribution in [0.2, 0.25) is 0 Å². The number of ether oxygens (including phenoxy) is 1. The van der Waals surface area contributed by atoms with Gasteiger partial charge in [0.05, 0.1) is 17.0 Å². The fourth-order valence-electron chi connectivity index (χ4n) is 3.06. The molecule has 0 aromatic heterocycles. The van der Waals surface area contributed by atoms with Crippen molar-refractivity contribution in [2.75, 3.05) is 30.3 Å². The van der Waals surface area contributed by atoms with Crippen molar-refractivity contribution >= 4 is 11.4 Å². The van der Waals surface area contributed by atoms with E-state index in [2.05, 4.69) is 17.0 Å². The van der Waals surface area contributed by atoms with E-state index in [1.165, 1.54) is 24.9 Å². The Bertz CT molecular complexity index is 399. The SMILES string of the molecule is Nc1ccccc1N1CC[C@@]2(CCCCO2)C1. The highest BCUT2D eigenvalue weighted by molar-refractivity contribution is 5.67. The molecule has 17 heavy (non-hydrogen) atoms. The molecule has 0 unspecified atom stereocenters. The van der Waals surface area contributed by atoms with Crippen molar-refractivity contribution in [2.24, 2.45) is 0 Å². The Morgan fingerprint density at radius 1 is 1.18 bits per heavy atom. The van der Waals surface area contributed by atoms with Gasteiger partial charge in [0.15, 0.2) is 0 Å². The average Bonchev–Trinajstić information content (AvgIpc) is 2.74. The molecule has 2 heterocycles. The first-order chi connectivity index (χ1) is 8.29. The molecule has 3 heteroatoms. The summed E-state index contributed by atoms with van der Waals surface area (Å²) in [5.74, 6) is 0. The van der Waals surface area contributed by atoms with Gasteiger partial charge in [-0.2, -0.15) is 0 Å². The molecule has 2 fully saturated rings. The summed E-state index contributed by atoms with van der Waals surface area (Å²) in [5.41, 5.74) is 8.19. The summed E-state index contributed by atoms with van der Waals surface area (Å²) >= 11 is 0. The predicted molar refractivity (Wildman–Crippen MR) is 70.2 cm³/mol. The maximum atomic E-state index is 6.04.